The van der Waals surface area contributed by atoms with Gasteiger partial charge in [0.05, 0.1) is 32.6 Å². The molecule has 0 atom stereocenters. The van der Waals surface area contributed by atoms with E-state index >= 15 is 0 Å². The maximum Gasteiger partial charge on any atom is 0.307 e. The van der Waals surface area contributed by atoms with Gasteiger partial charge >= 0.3 is 5.97 Å². The van der Waals surface area contributed by atoms with E-state index in [1.807, 2.05) is 4.57 Å². The number of aryl methyl sites for hydroxylation is 1. The second kappa shape index (κ2) is 7.84. The average molecular weight is 228 g/mol. The van der Waals surface area contributed by atoms with E-state index in [-0.39, 0.29) is 25.8 Å². The van der Waals surface area contributed by atoms with Gasteiger partial charge in [-0.2, -0.15) is 0 Å². The Morgan fingerprint density at radius 2 is 2.25 bits per heavy atom. The molecule has 6 nitrogen and oxygen atoms in total. The van der Waals surface area contributed by atoms with E-state index in [1.54, 1.807) is 18.7 Å². The van der Waals surface area contributed by atoms with E-state index in [2.05, 4.69) is 4.98 Å². The SMILES string of the molecule is O=C(CCn1ccnc1)OCCOCCO. The van der Waals surface area contributed by atoms with Crippen LogP contribution in [0.2, 0.25) is 0 Å². The molecule has 1 aromatic rings. The summed E-state index contributed by atoms with van der Waals surface area (Å²) in [5, 5.41) is 8.42. The lowest BCUT2D eigenvalue weighted by molar-refractivity contribution is -0.145. The van der Waals surface area contributed by atoms with Gasteiger partial charge < -0.3 is 19.1 Å². The maximum atomic E-state index is 11.2. The van der Waals surface area contributed by atoms with Crippen molar-refractivity contribution < 1.29 is 19.4 Å². The Morgan fingerprint density at radius 1 is 1.38 bits per heavy atom. The van der Waals surface area contributed by atoms with Crippen LogP contribution in [0.4, 0.5) is 0 Å². The number of aliphatic hydroxyl groups is 1. The smallest absolute Gasteiger partial charge is 0.307 e. The second-order valence-electron chi connectivity index (χ2n) is 3.11. The van der Waals surface area contributed by atoms with Crippen LogP contribution in [-0.2, 0) is 20.8 Å². The van der Waals surface area contributed by atoms with Crippen molar-refractivity contribution in [1.82, 2.24) is 9.55 Å². The van der Waals surface area contributed by atoms with Crippen LogP contribution >= 0.6 is 0 Å². The monoisotopic (exact) mass is 228 g/mol. The summed E-state index contributed by atoms with van der Waals surface area (Å²) in [4.78, 5) is 15.1. The highest BCUT2D eigenvalue weighted by molar-refractivity contribution is 5.69. The molecule has 0 amide bonds. The fraction of sp³-hybridized carbons (Fsp3) is 0.600. The molecule has 1 rings (SSSR count). The molecule has 0 fully saturated rings. The number of esters is 1. The van der Waals surface area contributed by atoms with Crippen LogP contribution in [0.3, 0.4) is 0 Å². The fourth-order valence-corrected chi connectivity index (χ4v) is 1.09. The van der Waals surface area contributed by atoms with Crippen LogP contribution in [0.1, 0.15) is 6.42 Å². The minimum atomic E-state index is -0.263. The predicted molar refractivity (Wildman–Crippen MR) is 55.7 cm³/mol. The zero-order valence-electron chi connectivity index (χ0n) is 9.04. The number of carbonyl (C=O) groups excluding carboxylic acids is 1. The molecule has 0 unspecified atom stereocenters. The molecule has 16 heavy (non-hydrogen) atoms. The summed E-state index contributed by atoms with van der Waals surface area (Å²) in [5.41, 5.74) is 0. The molecular weight excluding hydrogens is 212 g/mol. The zero-order chi connectivity index (χ0) is 11.6. The van der Waals surface area contributed by atoms with Crippen molar-refractivity contribution in [3.05, 3.63) is 18.7 Å². The van der Waals surface area contributed by atoms with Crippen molar-refractivity contribution >= 4 is 5.97 Å². The summed E-state index contributed by atoms with van der Waals surface area (Å²) in [6, 6.07) is 0. The number of carbonyl (C=O) groups is 1. The van der Waals surface area contributed by atoms with Gasteiger partial charge in [-0.1, -0.05) is 0 Å². The van der Waals surface area contributed by atoms with Gasteiger partial charge in [0.25, 0.3) is 0 Å². The number of rotatable bonds is 8. The summed E-state index contributed by atoms with van der Waals surface area (Å²) in [7, 11) is 0. The van der Waals surface area contributed by atoms with Crippen LogP contribution in [0, 0.1) is 0 Å². The molecule has 0 bridgehead atoms. The van der Waals surface area contributed by atoms with Gasteiger partial charge in [-0.25, -0.2) is 4.98 Å². The number of imidazole rings is 1. The van der Waals surface area contributed by atoms with Gasteiger partial charge in [-0.3, -0.25) is 4.79 Å². The molecule has 0 spiro atoms. The quantitative estimate of drug-likeness (QED) is 0.494. The van der Waals surface area contributed by atoms with E-state index in [1.165, 1.54) is 0 Å². The molecule has 0 aliphatic heterocycles. The van der Waals surface area contributed by atoms with Crippen molar-refractivity contribution in [2.24, 2.45) is 0 Å². The van der Waals surface area contributed by atoms with Gasteiger partial charge in [0, 0.05) is 18.9 Å². The highest BCUT2D eigenvalue weighted by Crippen LogP contribution is 1.93. The minimum Gasteiger partial charge on any atom is -0.463 e. The minimum absolute atomic E-state index is 0.0193. The number of hydrogen-bond donors (Lipinski definition) is 1. The van der Waals surface area contributed by atoms with Crippen molar-refractivity contribution in [3.63, 3.8) is 0 Å². The van der Waals surface area contributed by atoms with E-state index in [0.717, 1.165) is 0 Å². The van der Waals surface area contributed by atoms with Crippen LogP contribution in [0.15, 0.2) is 18.7 Å². The van der Waals surface area contributed by atoms with Crippen LogP contribution in [0.5, 0.6) is 0 Å². The van der Waals surface area contributed by atoms with Crippen molar-refractivity contribution in [2.45, 2.75) is 13.0 Å². The van der Waals surface area contributed by atoms with Gasteiger partial charge in [-0.15, -0.1) is 0 Å². The van der Waals surface area contributed by atoms with Gasteiger partial charge in [0.1, 0.15) is 6.61 Å². The third-order valence-electron chi connectivity index (χ3n) is 1.86. The molecule has 0 aromatic carbocycles. The Morgan fingerprint density at radius 3 is 2.94 bits per heavy atom. The number of hydrogen-bond acceptors (Lipinski definition) is 5. The molecule has 0 radical (unpaired) electrons. The highest BCUT2D eigenvalue weighted by atomic mass is 16.6. The first-order chi connectivity index (χ1) is 7.83. The predicted octanol–water partition coefficient (Wildman–Crippen LogP) is -0.175. The number of ether oxygens (including phenoxy) is 2. The number of aromatic nitrogens is 2. The van der Waals surface area contributed by atoms with E-state index in [4.69, 9.17) is 14.6 Å². The topological polar surface area (TPSA) is 73.6 Å². The number of aliphatic hydroxyl groups excluding tert-OH is 1. The molecule has 1 heterocycles. The summed E-state index contributed by atoms with van der Waals surface area (Å²) >= 11 is 0. The van der Waals surface area contributed by atoms with Crippen LogP contribution in [0.25, 0.3) is 0 Å². The van der Waals surface area contributed by atoms with Gasteiger partial charge in [0.2, 0.25) is 0 Å². The largest absolute Gasteiger partial charge is 0.463 e. The zero-order valence-corrected chi connectivity index (χ0v) is 9.04. The summed E-state index contributed by atoms with van der Waals surface area (Å²) < 4.78 is 11.7. The Hall–Kier alpha value is -1.40. The third kappa shape index (κ3) is 5.47. The molecule has 0 aliphatic carbocycles. The summed E-state index contributed by atoms with van der Waals surface area (Å²) in [5.74, 6) is -0.263. The Balaban J connectivity index is 1.99. The second-order valence-corrected chi connectivity index (χ2v) is 3.11. The Bertz CT molecular complexity index is 287. The lowest BCUT2D eigenvalue weighted by Gasteiger charge is -2.05. The fourth-order valence-electron chi connectivity index (χ4n) is 1.09. The molecule has 1 N–H and O–H groups in total. The normalized spacial score (nSPS) is 10.3. The summed E-state index contributed by atoms with van der Waals surface area (Å²) in [6.45, 7) is 1.36. The van der Waals surface area contributed by atoms with Crippen molar-refractivity contribution in [2.75, 3.05) is 26.4 Å². The first-order valence-electron chi connectivity index (χ1n) is 5.13. The molecule has 6 heteroatoms. The summed E-state index contributed by atoms with van der Waals surface area (Å²) in [6.07, 6.45) is 5.42. The molecule has 1 aromatic heterocycles. The number of nitrogens with zero attached hydrogens (tertiary/aromatic N) is 2. The van der Waals surface area contributed by atoms with Gasteiger partial charge in [-0.05, 0) is 0 Å². The van der Waals surface area contributed by atoms with Crippen LogP contribution < -0.4 is 0 Å². The first-order valence-corrected chi connectivity index (χ1v) is 5.13. The highest BCUT2D eigenvalue weighted by Gasteiger charge is 2.02. The molecule has 90 valence electrons. The van der Waals surface area contributed by atoms with E-state index < -0.39 is 0 Å². The van der Waals surface area contributed by atoms with Gasteiger partial charge in [0.15, 0.2) is 0 Å². The lowest BCUT2D eigenvalue weighted by Crippen LogP contribution is -2.13. The average Bonchev–Trinajstić information content (AvgIpc) is 2.79. The van der Waals surface area contributed by atoms with Crippen LogP contribution in [-0.4, -0.2) is 47.1 Å². The molecular formula is C10H16N2O4. The van der Waals surface area contributed by atoms with Crippen molar-refractivity contribution in [1.29, 1.82) is 0 Å². The Labute approximate surface area is 93.8 Å². The van der Waals surface area contributed by atoms with Crippen molar-refractivity contribution in [3.8, 4) is 0 Å². The third-order valence-corrected chi connectivity index (χ3v) is 1.86. The van der Waals surface area contributed by atoms with E-state index in [9.17, 15) is 4.79 Å². The molecule has 0 aliphatic rings. The maximum absolute atomic E-state index is 11.2. The molecule has 0 saturated heterocycles. The Kier molecular flexibility index (Phi) is 6.20. The standard InChI is InChI=1S/C10H16N2O4/c13-5-6-15-7-8-16-10(14)1-3-12-4-2-11-9-12/h2,4,9,13H,1,3,5-8H2. The lowest BCUT2D eigenvalue weighted by atomic mass is 10.4. The van der Waals surface area contributed by atoms with E-state index in [0.29, 0.717) is 19.6 Å². The first kappa shape index (κ1) is 12.7. The molecule has 0 saturated carbocycles.